The van der Waals surface area contributed by atoms with Gasteiger partial charge in [-0.3, -0.25) is 4.79 Å². The zero-order valence-corrected chi connectivity index (χ0v) is 8.82. The number of hydrogen-bond donors (Lipinski definition) is 0. The third-order valence-corrected chi connectivity index (χ3v) is 1.99. The molecule has 3 radical (unpaired) electrons. The van der Waals surface area contributed by atoms with Gasteiger partial charge in [-0.25, -0.2) is 0 Å². The number of ketones is 1. The molecule has 0 heterocycles. The molecule has 0 rings (SSSR count). The summed E-state index contributed by atoms with van der Waals surface area (Å²) in [5, 5.41) is 0. The van der Waals surface area contributed by atoms with E-state index in [2.05, 4.69) is 10.5 Å². The highest BCUT2D eigenvalue weighted by molar-refractivity contribution is 6.02. The molecule has 0 aromatic rings. The quantitative estimate of drug-likeness (QED) is 0.588. The molecule has 0 bridgehead atoms. The minimum Gasteiger partial charge on any atom is -0.407 e. The summed E-state index contributed by atoms with van der Waals surface area (Å²) in [7, 11) is 2.89. The van der Waals surface area contributed by atoms with Crippen LogP contribution in [0.3, 0.4) is 0 Å². The molecule has 0 spiro atoms. The van der Waals surface area contributed by atoms with Crippen molar-refractivity contribution in [3.63, 3.8) is 0 Å². The lowest BCUT2D eigenvalue weighted by atomic mass is 9.82. The third-order valence-electron chi connectivity index (χ3n) is 1.48. The molecule has 0 unspecified atom stereocenters. The largest absolute Gasteiger partial charge is 0.407 e. The first-order chi connectivity index (χ1) is 4.72. The molecule has 63 valence electrons. The molecule has 11 heavy (non-hydrogen) atoms. The summed E-state index contributed by atoms with van der Waals surface area (Å²) < 4.78 is 4.88. The molecule has 0 atom stereocenters. The van der Waals surface area contributed by atoms with Gasteiger partial charge < -0.3 is 4.43 Å². The average molecular weight is 171 g/mol. The number of hydrogen-bond acceptors (Lipinski definition) is 2. The van der Waals surface area contributed by atoms with Gasteiger partial charge in [0.15, 0.2) is 5.78 Å². The standard InChI is InChI=1S/C8H15O2Si/c1-7(2,3)6(9)8(4,5)10-11/h1-5H3. The second-order valence-electron chi connectivity index (χ2n) is 4.19. The van der Waals surface area contributed by atoms with Crippen molar-refractivity contribution >= 4 is 16.3 Å². The molecule has 0 saturated carbocycles. The van der Waals surface area contributed by atoms with Gasteiger partial charge in [-0.2, -0.15) is 0 Å². The molecular formula is C8H15O2Si. The smallest absolute Gasteiger partial charge is 0.247 e. The first kappa shape index (κ1) is 10.8. The highest BCUT2D eigenvalue weighted by Gasteiger charge is 2.35. The number of carbonyl (C=O) groups excluding carboxylic acids is 1. The van der Waals surface area contributed by atoms with Crippen LogP contribution in [0.15, 0.2) is 0 Å². The molecular weight excluding hydrogens is 156 g/mol. The lowest BCUT2D eigenvalue weighted by molar-refractivity contribution is -0.139. The highest BCUT2D eigenvalue weighted by atomic mass is 28.2. The molecule has 0 aliphatic heterocycles. The zero-order chi connectivity index (χ0) is 9.28. The van der Waals surface area contributed by atoms with E-state index in [1.165, 1.54) is 0 Å². The second-order valence-corrected chi connectivity index (χ2v) is 4.40. The van der Waals surface area contributed by atoms with E-state index in [0.717, 1.165) is 0 Å². The van der Waals surface area contributed by atoms with E-state index >= 15 is 0 Å². The summed E-state index contributed by atoms with van der Waals surface area (Å²) in [6.07, 6.45) is 0. The Bertz CT molecular complexity index is 156. The second kappa shape index (κ2) is 3.07. The van der Waals surface area contributed by atoms with Gasteiger partial charge in [0.25, 0.3) is 0 Å². The van der Waals surface area contributed by atoms with E-state index in [-0.39, 0.29) is 11.2 Å². The molecule has 0 aromatic carbocycles. The van der Waals surface area contributed by atoms with Gasteiger partial charge in [-0.15, -0.1) is 0 Å². The molecule has 0 fully saturated rings. The summed E-state index contributed by atoms with van der Waals surface area (Å²) >= 11 is 0. The van der Waals surface area contributed by atoms with Crippen molar-refractivity contribution in [1.29, 1.82) is 0 Å². The van der Waals surface area contributed by atoms with Crippen molar-refractivity contribution in [2.45, 2.75) is 40.2 Å². The lowest BCUT2D eigenvalue weighted by Crippen LogP contribution is -2.42. The van der Waals surface area contributed by atoms with Gasteiger partial charge in [0.2, 0.25) is 10.5 Å². The summed E-state index contributed by atoms with van der Waals surface area (Å²) in [6.45, 7) is 9.12. The molecule has 0 aliphatic carbocycles. The van der Waals surface area contributed by atoms with Crippen molar-refractivity contribution in [1.82, 2.24) is 0 Å². The normalized spacial score (nSPS) is 13.3. The molecule has 0 saturated heterocycles. The van der Waals surface area contributed by atoms with E-state index in [4.69, 9.17) is 4.43 Å². The van der Waals surface area contributed by atoms with Crippen LogP contribution < -0.4 is 0 Å². The van der Waals surface area contributed by atoms with Crippen LogP contribution in [0.1, 0.15) is 34.6 Å². The summed E-state index contributed by atoms with van der Waals surface area (Å²) in [6, 6.07) is 0. The molecule has 0 amide bonds. The Hall–Kier alpha value is -0.153. The predicted octanol–water partition coefficient (Wildman–Crippen LogP) is 1.48. The molecule has 0 N–H and O–H groups in total. The molecule has 0 aromatic heterocycles. The fraction of sp³-hybridized carbons (Fsp3) is 0.875. The number of rotatable bonds is 2. The van der Waals surface area contributed by atoms with Gasteiger partial charge in [-0.05, 0) is 13.8 Å². The predicted molar refractivity (Wildman–Crippen MR) is 45.4 cm³/mol. The van der Waals surface area contributed by atoms with Crippen LogP contribution in [-0.2, 0) is 9.22 Å². The summed E-state index contributed by atoms with van der Waals surface area (Å²) in [5.74, 6) is 0.0833. The fourth-order valence-electron chi connectivity index (χ4n) is 0.949. The highest BCUT2D eigenvalue weighted by Crippen LogP contribution is 2.24. The van der Waals surface area contributed by atoms with E-state index < -0.39 is 5.60 Å². The molecule has 3 heteroatoms. The van der Waals surface area contributed by atoms with Crippen molar-refractivity contribution in [2.24, 2.45) is 5.41 Å². The first-order valence-corrected chi connectivity index (χ1v) is 4.02. The van der Waals surface area contributed by atoms with Crippen molar-refractivity contribution in [2.75, 3.05) is 0 Å². The van der Waals surface area contributed by atoms with Gasteiger partial charge >= 0.3 is 0 Å². The Morgan fingerprint density at radius 3 is 1.64 bits per heavy atom. The van der Waals surface area contributed by atoms with Crippen molar-refractivity contribution in [3.05, 3.63) is 0 Å². The lowest BCUT2D eigenvalue weighted by Gasteiger charge is -2.29. The summed E-state index contributed by atoms with van der Waals surface area (Å²) in [4.78, 5) is 11.6. The van der Waals surface area contributed by atoms with Crippen LogP contribution >= 0.6 is 0 Å². The van der Waals surface area contributed by atoms with Gasteiger partial charge in [0.1, 0.15) is 5.60 Å². The monoisotopic (exact) mass is 171 g/mol. The van der Waals surface area contributed by atoms with Crippen LogP contribution in [0.5, 0.6) is 0 Å². The van der Waals surface area contributed by atoms with Crippen LogP contribution in [0, 0.1) is 5.41 Å². The van der Waals surface area contributed by atoms with Crippen molar-refractivity contribution in [3.8, 4) is 0 Å². The Labute approximate surface area is 71.9 Å². The maximum absolute atomic E-state index is 11.6. The Kier molecular flexibility index (Phi) is 3.03. The Morgan fingerprint density at radius 1 is 1.18 bits per heavy atom. The van der Waals surface area contributed by atoms with Crippen LogP contribution in [0.25, 0.3) is 0 Å². The zero-order valence-electron chi connectivity index (χ0n) is 7.82. The SMILES string of the molecule is CC(C)(C)C(=O)C(C)(C)O[Si]. The van der Waals surface area contributed by atoms with Gasteiger partial charge in [-0.1, -0.05) is 20.8 Å². The van der Waals surface area contributed by atoms with Crippen LogP contribution in [-0.4, -0.2) is 21.9 Å². The Morgan fingerprint density at radius 2 is 1.55 bits per heavy atom. The Balaban J connectivity index is 4.50. The van der Waals surface area contributed by atoms with E-state index in [1.54, 1.807) is 13.8 Å². The maximum Gasteiger partial charge on any atom is 0.247 e. The minimum absolute atomic E-state index is 0.0833. The van der Waals surface area contributed by atoms with Crippen LogP contribution in [0.4, 0.5) is 0 Å². The van der Waals surface area contributed by atoms with Crippen LogP contribution in [0.2, 0.25) is 0 Å². The van der Waals surface area contributed by atoms with E-state index in [9.17, 15) is 4.79 Å². The number of Topliss-reactive ketones (excluding diaryl/α,β-unsaturated/α-hetero) is 1. The molecule has 2 nitrogen and oxygen atoms in total. The van der Waals surface area contributed by atoms with Crippen molar-refractivity contribution < 1.29 is 9.22 Å². The van der Waals surface area contributed by atoms with E-state index in [1.807, 2.05) is 20.8 Å². The maximum atomic E-state index is 11.6. The number of carbonyl (C=O) groups is 1. The fourth-order valence-corrected chi connectivity index (χ4v) is 1.04. The van der Waals surface area contributed by atoms with E-state index in [0.29, 0.717) is 0 Å². The van der Waals surface area contributed by atoms with Gasteiger partial charge in [0.05, 0.1) is 0 Å². The third kappa shape index (κ3) is 2.75. The summed E-state index contributed by atoms with van der Waals surface area (Å²) in [5.41, 5.74) is -1.09. The van der Waals surface area contributed by atoms with Gasteiger partial charge in [0, 0.05) is 5.41 Å². The molecule has 0 aliphatic rings. The average Bonchev–Trinajstić information content (AvgIpc) is 1.84. The topological polar surface area (TPSA) is 26.3 Å². The minimum atomic E-state index is -0.741. The first-order valence-electron chi connectivity index (χ1n) is 3.61.